The topological polar surface area (TPSA) is 55.9 Å². The van der Waals surface area contributed by atoms with Gasteiger partial charge in [-0.15, -0.1) is 0 Å². The number of hydrogen-bond acceptors (Lipinski definition) is 4. The van der Waals surface area contributed by atoms with Gasteiger partial charge < -0.3 is 10.2 Å². The average molecular weight is 321 g/mol. The summed E-state index contributed by atoms with van der Waals surface area (Å²) in [4.78, 5) is 2.25. The van der Waals surface area contributed by atoms with Crippen LogP contribution in [0.15, 0.2) is 0 Å². The van der Waals surface area contributed by atoms with Crippen LogP contribution in [0.1, 0.15) is 32.6 Å². The molecule has 0 aromatic carbocycles. The van der Waals surface area contributed by atoms with Crippen molar-refractivity contribution >= 4 is 10.2 Å². The second-order valence-electron chi connectivity index (χ2n) is 5.98. The first-order chi connectivity index (χ1) is 9.89. The van der Waals surface area contributed by atoms with E-state index in [9.17, 15) is 8.42 Å². The van der Waals surface area contributed by atoms with Crippen molar-refractivity contribution < 1.29 is 8.42 Å². The summed E-state index contributed by atoms with van der Waals surface area (Å²) in [6.07, 6.45) is 3.78. The lowest BCUT2D eigenvalue weighted by Gasteiger charge is -2.36. The van der Waals surface area contributed by atoms with Gasteiger partial charge in [0.2, 0.25) is 0 Å². The summed E-state index contributed by atoms with van der Waals surface area (Å²) in [6.45, 7) is 6.48. The predicted molar refractivity (Wildman–Crippen MR) is 87.6 cm³/mol. The highest BCUT2D eigenvalue weighted by Gasteiger charge is 2.31. The summed E-state index contributed by atoms with van der Waals surface area (Å²) in [5.74, 6) is 0. The standard InChI is InChI=1S/C14H32N4O2S/c1-5-9-15-10-6-11-17(3)21(19,20)18(4)14-7-12-16(2)13-8-14/h14-15H,5-13H2,1-4H3. The summed E-state index contributed by atoms with van der Waals surface area (Å²) >= 11 is 0. The second-order valence-corrected chi connectivity index (χ2v) is 8.08. The predicted octanol–water partition coefficient (Wildman–Crippen LogP) is 0.579. The molecular formula is C14H32N4O2S. The second kappa shape index (κ2) is 9.05. The SMILES string of the molecule is CCCNCCCN(C)S(=O)(=O)N(C)C1CCN(C)CC1. The molecule has 1 fully saturated rings. The lowest BCUT2D eigenvalue weighted by molar-refractivity contribution is 0.192. The first-order valence-electron chi connectivity index (χ1n) is 7.98. The Bertz CT molecular complexity index is 380. The highest BCUT2D eigenvalue weighted by molar-refractivity contribution is 7.86. The van der Waals surface area contributed by atoms with Crippen LogP contribution in [0.5, 0.6) is 0 Å². The van der Waals surface area contributed by atoms with E-state index in [-0.39, 0.29) is 6.04 Å². The van der Waals surface area contributed by atoms with Crippen molar-refractivity contribution in [1.29, 1.82) is 0 Å². The Morgan fingerprint density at radius 2 is 1.81 bits per heavy atom. The van der Waals surface area contributed by atoms with Gasteiger partial charge in [-0.2, -0.15) is 17.0 Å². The molecule has 0 atom stereocenters. The molecule has 0 unspecified atom stereocenters. The molecule has 0 aliphatic carbocycles. The molecule has 1 heterocycles. The molecule has 1 rings (SSSR count). The molecule has 0 aromatic heterocycles. The maximum Gasteiger partial charge on any atom is 0.281 e. The monoisotopic (exact) mass is 320 g/mol. The van der Waals surface area contributed by atoms with Crippen LogP contribution >= 0.6 is 0 Å². The number of rotatable bonds is 9. The van der Waals surface area contributed by atoms with Gasteiger partial charge in [-0.3, -0.25) is 0 Å². The van der Waals surface area contributed by atoms with Crippen molar-refractivity contribution in [3.8, 4) is 0 Å². The van der Waals surface area contributed by atoms with E-state index in [1.54, 1.807) is 18.4 Å². The fourth-order valence-electron chi connectivity index (χ4n) is 2.61. The number of hydrogen-bond donors (Lipinski definition) is 1. The summed E-state index contributed by atoms with van der Waals surface area (Å²) in [5.41, 5.74) is 0. The van der Waals surface area contributed by atoms with Crippen molar-refractivity contribution in [2.24, 2.45) is 0 Å². The summed E-state index contributed by atoms with van der Waals surface area (Å²) in [7, 11) is 2.16. The van der Waals surface area contributed by atoms with Crippen molar-refractivity contribution in [2.45, 2.75) is 38.6 Å². The van der Waals surface area contributed by atoms with Gasteiger partial charge in [0.25, 0.3) is 10.2 Å². The third kappa shape index (κ3) is 5.83. The minimum Gasteiger partial charge on any atom is -0.317 e. The summed E-state index contributed by atoms with van der Waals surface area (Å²) < 4.78 is 28.2. The molecule has 0 aromatic rings. The van der Waals surface area contributed by atoms with Crippen LogP contribution in [-0.2, 0) is 10.2 Å². The number of nitrogens with zero attached hydrogens (tertiary/aromatic N) is 3. The fourth-order valence-corrected chi connectivity index (χ4v) is 4.00. The van der Waals surface area contributed by atoms with Crippen molar-refractivity contribution in [1.82, 2.24) is 18.8 Å². The number of likely N-dealkylation sites (tertiary alicyclic amines) is 1. The zero-order chi connectivity index (χ0) is 15.9. The van der Waals surface area contributed by atoms with Crippen LogP contribution in [0.4, 0.5) is 0 Å². The minimum absolute atomic E-state index is 0.131. The summed E-state index contributed by atoms with van der Waals surface area (Å²) in [5, 5.41) is 3.30. The first kappa shape index (κ1) is 18.8. The van der Waals surface area contributed by atoms with E-state index in [1.807, 2.05) is 0 Å². The van der Waals surface area contributed by atoms with E-state index in [2.05, 4.69) is 24.2 Å². The van der Waals surface area contributed by atoms with E-state index in [0.717, 1.165) is 51.9 Å². The Balaban J connectivity index is 2.42. The zero-order valence-corrected chi connectivity index (χ0v) is 14.8. The van der Waals surface area contributed by atoms with Crippen LogP contribution in [0.3, 0.4) is 0 Å². The Morgan fingerprint density at radius 3 is 2.38 bits per heavy atom. The van der Waals surface area contributed by atoms with Crippen LogP contribution in [0.2, 0.25) is 0 Å². The maximum absolute atomic E-state index is 12.5. The minimum atomic E-state index is -3.33. The highest BCUT2D eigenvalue weighted by atomic mass is 32.2. The number of nitrogens with one attached hydrogen (secondary N) is 1. The van der Waals surface area contributed by atoms with Crippen molar-refractivity contribution in [2.75, 3.05) is 53.9 Å². The highest BCUT2D eigenvalue weighted by Crippen LogP contribution is 2.18. The summed E-state index contributed by atoms with van der Waals surface area (Å²) in [6, 6.07) is 0.131. The molecule has 0 radical (unpaired) electrons. The third-order valence-corrected chi connectivity index (χ3v) is 6.21. The normalized spacial score (nSPS) is 18.8. The average Bonchev–Trinajstić information content (AvgIpc) is 2.46. The molecule has 1 saturated heterocycles. The van der Waals surface area contributed by atoms with E-state index in [1.165, 1.54) is 4.31 Å². The van der Waals surface area contributed by atoms with E-state index in [4.69, 9.17) is 0 Å². The van der Waals surface area contributed by atoms with Crippen LogP contribution in [0.25, 0.3) is 0 Å². The Hall–Kier alpha value is -0.210. The molecule has 6 nitrogen and oxygen atoms in total. The van der Waals surface area contributed by atoms with Crippen molar-refractivity contribution in [3.63, 3.8) is 0 Å². The fraction of sp³-hybridized carbons (Fsp3) is 1.00. The van der Waals surface area contributed by atoms with Gasteiger partial charge in [-0.25, -0.2) is 0 Å². The molecule has 0 spiro atoms. The molecule has 7 heteroatoms. The molecule has 0 saturated carbocycles. The van der Waals surface area contributed by atoms with Gasteiger partial charge in [0.05, 0.1) is 0 Å². The quantitative estimate of drug-likeness (QED) is 0.632. The largest absolute Gasteiger partial charge is 0.317 e. The van der Waals surface area contributed by atoms with Gasteiger partial charge >= 0.3 is 0 Å². The van der Waals surface area contributed by atoms with Gasteiger partial charge in [-0.1, -0.05) is 6.92 Å². The molecule has 0 amide bonds. The Kier molecular flexibility index (Phi) is 8.12. The van der Waals surface area contributed by atoms with Gasteiger partial charge in [0, 0.05) is 26.7 Å². The molecule has 126 valence electrons. The molecular weight excluding hydrogens is 288 g/mol. The van der Waals surface area contributed by atoms with E-state index >= 15 is 0 Å². The smallest absolute Gasteiger partial charge is 0.281 e. The lowest BCUT2D eigenvalue weighted by atomic mass is 10.1. The molecule has 1 aliphatic heterocycles. The van der Waals surface area contributed by atoms with E-state index < -0.39 is 10.2 Å². The third-order valence-electron chi connectivity index (χ3n) is 4.21. The van der Waals surface area contributed by atoms with Crippen LogP contribution in [0, 0.1) is 0 Å². The number of piperidine rings is 1. The lowest BCUT2D eigenvalue weighted by Crippen LogP contribution is -2.49. The van der Waals surface area contributed by atoms with E-state index in [0.29, 0.717) is 6.54 Å². The Labute approximate surface area is 130 Å². The molecule has 1 aliphatic rings. The van der Waals surface area contributed by atoms with Gasteiger partial charge in [0.15, 0.2) is 0 Å². The Morgan fingerprint density at radius 1 is 1.19 bits per heavy atom. The molecule has 1 N–H and O–H groups in total. The molecule has 0 bridgehead atoms. The maximum atomic E-state index is 12.5. The van der Waals surface area contributed by atoms with Crippen molar-refractivity contribution in [3.05, 3.63) is 0 Å². The van der Waals surface area contributed by atoms with Gasteiger partial charge in [0.1, 0.15) is 0 Å². The zero-order valence-electron chi connectivity index (χ0n) is 14.0. The molecule has 21 heavy (non-hydrogen) atoms. The van der Waals surface area contributed by atoms with Crippen LogP contribution in [-0.4, -0.2) is 81.8 Å². The van der Waals surface area contributed by atoms with Crippen LogP contribution < -0.4 is 5.32 Å². The first-order valence-corrected chi connectivity index (χ1v) is 9.37. The van der Waals surface area contributed by atoms with Gasteiger partial charge in [-0.05, 0) is 58.9 Å².